The lowest BCUT2D eigenvalue weighted by Crippen LogP contribution is -2.30. The molecule has 0 aromatic carbocycles. The van der Waals surface area contributed by atoms with Crippen LogP contribution in [0.15, 0.2) is 0 Å². The molecule has 1 rings (SSSR count). The van der Waals surface area contributed by atoms with Gasteiger partial charge < -0.3 is 4.90 Å². The molecule has 0 spiro atoms. The zero-order valence-corrected chi connectivity index (χ0v) is 10.9. The number of hydrogen-bond acceptors (Lipinski definition) is 1. The smallest absolute Gasteiger partial charge is 0.00317 e. The second-order valence-electron chi connectivity index (χ2n) is 3.30. The quantitative estimate of drug-likeness (QED) is 0.569. The summed E-state index contributed by atoms with van der Waals surface area (Å²) in [6.45, 7) is 4.02. The van der Waals surface area contributed by atoms with Crippen molar-refractivity contribution in [3.05, 3.63) is 0 Å². The number of piperidine rings is 1. The van der Waals surface area contributed by atoms with E-state index in [9.17, 15) is 0 Å². The maximum absolute atomic E-state index is 3.46. The lowest BCUT2D eigenvalue weighted by Gasteiger charge is -2.26. The van der Waals surface area contributed by atoms with E-state index in [1.165, 1.54) is 57.1 Å². The third-order valence-corrected chi connectivity index (χ3v) is 2.87. The van der Waals surface area contributed by atoms with Gasteiger partial charge in [-0.1, -0.05) is 22.4 Å². The second-order valence-corrected chi connectivity index (χ2v) is 4.09. The summed E-state index contributed by atoms with van der Waals surface area (Å²) in [6, 6.07) is 0. The average Bonchev–Trinajstić information content (AvgIpc) is 2.07. The summed E-state index contributed by atoms with van der Waals surface area (Å²) < 4.78 is 0. The lowest BCUT2D eigenvalue weighted by atomic mass is 10.1. The Balaban J connectivity index is 0.00000121. The van der Waals surface area contributed by atoms with Crippen molar-refractivity contribution in [2.75, 3.05) is 25.0 Å². The molecule has 3 heteroatoms. The standard InChI is InChI=1S/C9H18BrN.BrH/c10-6-2-5-9-11-7-3-1-4-8-11;/h1-9H2;1H. The van der Waals surface area contributed by atoms with Gasteiger partial charge in [0, 0.05) is 5.33 Å². The highest BCUT2D eigenvalue weighted by molar-refractivity contribution is 9.09. The van der Waals surface area contributed by atoms with E-state index < -0.39 is 0 Å². The highest BCUT2D eigenvalue weighted by atomic mass is 79.9. The Morgan fingerprint density at radius 3 is 2.25 bits per heavy atom. The largest absolute Gasteiger partial charge is 0.303 e. The van der Waals surface area contributed by atoms with E-state index in [2.05, 4.69) is 20.8 Å². The van der Waals surface area contributed by atoms with Crippen molar-refractivity contribution < 1.29 is 0 Å². The first-order chi connectivity index (χ1) is 5.43. The molecule has 0 aromatic rings. The van der Waals surface area contributed by atoms with Crippen molar-refractivity contribution in [3.63, 3.8) is 0 Å². The first-order valence-electron chi connectivity index (χ1n) is 4.72. The van der Waals surface area contributed by atoms with Crippen LogP contribution in [0.3, 0.4) is 0 Å². The number of alkyl halides is 1. The molecule has 1 nitrogen and oxygen atoms in total. The number of unbranched alkanes of at least 4 members (excludes halogenated alkanes) is 1. The SMILES string of the molecule is Br.BrCCCCN1CCCCC1. The number of nitrogens with zero attached hydrogens (tertiary/aromatic N) is 1. The van der Waals surface area contributed by atoms with E-state index in [1.54, 1.807) is 0 Å². The molecule has 0 aliphatic carbocycles. The van der Waals surface area contributed by atoms with Crippen LogP contribution in [0, 0.1) is 0 Å². The fraction of sp³-hybridized carbons (Fsp3) is 1.00. The van der Waals surface area contributed by atoms with Crippen LogP contribution in [0.4, 0.5) is 0 Å². The van der Waals surface area contributed by atoms with Gasteiger partial charge in [0.1, 0.15) is 0 Å². The number of rotatable bonds is 4. The predicted molar refractivity (Wildman–Crippen MR) is 63.6 cm³/mol. The highest BCUT2D eigenvalue weighted by Gasteiger charge is 2.08. The molecule has 0 bridgehead atoms. The van der Waals surface area contributed by atoms with E-state index in [4.69, 9.17) is 0 Å². The van der Waals surface area contributed by atoms with Crippen LogP contribution in [0.2, 0.25) is 0 Å². The van der Waals surface area contributed by atoms with Gasteiger partial charge in [-0.3, -0.25) is 0 Å². The van der Waals surface area contributed by atoms with Gasteiger partial charge in [0.05, 0.1) is 0 Å². The molecule has 12 heavy (non-hydrogen) atoms. The minimum Gasteiger partial charge on any atom is -0.303 e. The molecule has 74 valence electrons. The fourth-order valence-corrected chi connectivity index (χ4v) is 2.01. The van der Waals surface area contributed by atoms with Crippen molar-refractivity contribution in [2.45, 2.75) is 32.1 Å². The summed E-state index contributed by atoms with van der Waals surface area (Å²) in [5, 5.41) is 1.17. The monoisotopic (exact) mass is 299 g/mol. The number of halogens is 2. The van der Waals surface area contributed by atoms with E-state index in [-0.39, 0.29) is 17.0 Å². The summed E-state index contributed by atoms with van der Waals surface area (Å²) in [5.41, 5.74) is 0. The summed E-state index contributed by atoms with van der Waals surface area (Å²) in [5.74, 6) is 0. The third kappa shape index (κ3) is 5.55. The third-order valence-electron chi connectivity index (χ3n) is 2.31. The zero-order chi connectivity index (χ0) is 7.94. The minimum absolute atomic E-state index is 0. The van der Waals surface area contributed by atoms with Crippen LogP contribution >= 0.6 is 32.9 Å². The van der Waals surface area contributed by atoms with Crippen LogP contribution in [0.5, 0.6) is 0 Å². The Morgan fingerprint density at radius 1 is 1.00 bits per heavy atom. The van der Waals surface area contributed by atoms with Gasteiger partial charge in [-0.2, -0.15) is 0 Å². The predicted octanol–water partition coefficient (Wildman–Crippen LogP) is 3.23. The van der Waals surface area contributed by atoms with Gasteiger partial charge in [0.15, 0.2) is 0 Å². The Bertz CT molecular complexity index is 92.5. The molecular formula is C9H19Br2N. The van der Waals surface area contributed by atoms with E-state index >= 15 is 0 Å². The van der Waals surface area contributed by atoms with Crippen LogP contribution in [-0.2, 0) is 0 Å². The van der Waals surface area contributed by atoms with E-state index in [1.807, 2.05) is 0 Å². The maximum Gasteiger partial charge on any atom is 0.00317 e. The molecule has 1 aliphatic heterocycles. The molecule has 1 aliphatic rings. The van der Waals surface area contributed by atoms with Crippen LogP contribution in [0.25, 0.3) is 0 Å². The van der Waals surface area contributed by atoms with Gasteiger partial charge in [0.25, 0.3) is 0 Å². The molecule has 0 amide bonds. The van der Waals surface area contributed by atoms with Gasteiger partial charge >= 0.3 is 0 Å². The van der Waals surface area contributed by atoms with Crippen molar-refractivity contribution in [1.82, 2.24) is 4.90 Å². The molecule has 0 aromatic heterocycles. The average molecular weight is 301 g/mol. The minimum atomic E-state index is 0. The second kappa shape index (κ2) is 8.52. The number of likely N-dealkylation sites (tertiary alicyclic amines) is 1. The molecule has 1 saturated heterocycles. The molecular weight excluding hydrogens is 282 g/mol. The normalized spacial score (nSPS) is 18.8. The molecule has 1 heterocycles. The van der Waals surface area contributed by atoms with Crippen LogP contribution in [-0.4, -0.2) is 29.9 Å². The highest BCUT2D eigenvalue weighted by Crippen LogP contribution is 2.09. The zero-order valence-electron chi connectivity index (χ0n) is 7.60. The first-order valence-corrected chi connectivity index (χ1v) is 5.84. The molecule has 0 saturated carbocycles. The Labute approximate surface area is 94.8 Å². The Kier molecular flexibility index (Phi) is 9.17. The first kappa shape index (κ1) is 12.9. The van der Waals surface area contributed by atoms with Crippen molar-refractivity contribution in [2.24, 2.45) is 0 Å². The Morgan fingerprint density at radius 2 is 1.67 bits per heavy atom. The summed E-state index contributed by atoms with van der Waals surface area (Å²) >= 11 is 3.46. The fourth-order valence-electron chi connectivity index (χ4n) is 1.61. The van der Waals surface area contributed by atoms with Crippen molar-refractivity contribution in [3.8, 4) is 0 Å². The molecule has 0 radical (unpaired) electrons. The van der Waals surface area contributed by atoms with E-state index in [0.29, 0.717) is 0 Å². The molecule has 1 fully saturated rings. The topological polar surface area (TPSA) is 3.24 Å². The molecule has 0 N–H and O–H groups in total. The van der Waals surface area contributed by atoms with Gasteiger partial charge in [-0.25, -0.2) is 0 Å². The Hall–Kier alpha value is 0.920. The lowest BCUT2D eigenvalue weighted by molar-refractivity contribution is 0.226. The van der Waals surface area contributed by atoms with E-state index in [0.717, 1.165) is 0 Å². The van der Waals surface area contributed by atoms with Crippen molar-refractivity contribution in [1.29, 1.82) is 0 Å². The maximum atomic E-state index is 3.46. The molecule has 0 atom stereocenters. The summed E-state index contributed by atoms with van der Waals surface area (Å²) in [7, 11) is 0. The summed E-state index contributed by atoms with van der Waals surface area (Å²) in [6.07, 6.45) is 7.00. The van der Waals surface area contributed by atoms with Gasteiger partial charge in [-0.05, 0) is 45.3 Å². The van der Waals surface area contributed by atoms with Gasteiger partial charge in [-0.15, -0.1) is 17.0 Å². The molecule has 0 unspecified atom stereocenters. The number of hydrogen-bond donors (Lipinski definition) is 0. The van der Waals surface area contributed by atoms with Crippen LogP contribution < -0.4 is 0 Å². The summed E-state index contributed by atoms with van der Waals surface area (Å²) in [4.78, 5) is 2.60. The van der Waals surface area contributed by atoms with Crippen LogP contribution in [0.1, 0.15) is 32.1 Å². The van der Waals surface area contributed by atoms with Crippen molar-refractivity contribution >= 4 is 32.9 Å². The van der Waals surface area contributed by atoms with Gasteiger partial charge in [0.2, 0.25) is 0 Å².